The van der Waals surface area contributed by atoms with Crippen molar-refractivity contribution in [2.24, 2.45) is 10.8 Å². The van der Waals surface area contributed by atoms with Gasteiger partial charge in [-0.15, -0.1) is 0 Å². The maximum atomic E-state index is 11.8. The first-order valence-corrected chi connectivity index (χ1v) is 27.5. The third kappa shape index (κ3) is 6.64. The summed E-state index contributed by atoms with van der Waals surface area (Å²) in [4.78, 5) is 0. The molecule has 2 aromatic carbocycles. The second kappa shape index (κ2) is 13.6. The Labute approximate surface area is 327 Å². The Bertz CT molecular complexity index is 1700. The quantitative estimate of drug-likeness (QED) is 0.196. The van der Waals surface area contributed by atoms with E-state index >= 15 is 0 Å². The normalized spacial score (nSPS) is 26.5. The molecule has 0 bridgehead atoms. The summed E-state index contributed by atoms with van der Waals surface area (Å²) in [6.07, 6.45) is 1.99. The zero-order valence-electron chi connectivity index (χ0n) is 34.4. The van der Waals surface area contributed by atoms with Crippen LogP contribution in [0.25, 0.3) is 0 Å². The van der Waals surface area contributed by atoms with Gasteiger partial charge >= 0.3 is 330 Å². The van der Waals surface area contributed by atoms with E-state index in [4.69, 9.17) is 0 Å². The van der Waals surface area contributed by atoms with Gasteiger partial charge in [-0.25, -0.2) is 0 Å². The minimum atomic E-state index is -1.56. The molecule has 51 heavy (non-hydrogen) atoms. The van der Waals surface area contributed by atoms with Crippen LogP contribution in [0.3, 0.4) is 0 Å². The van der Waals surface area contributed by atoms with Crippen molar-refractivity contribution in [3.05, 3.63) is 58.7 Å². The van der Waals surface area contributed by atoms with Gasteiger partial charge in [-0.2, -0.15) is 0 Å². The fraction of sp³-hybridized carbons (Fsp3) is 0.619. The number of nitriles is 2. The van der Waals surface area contributed by atoms with E-state index in [9.17, 15) is 10.5 Å². The Kier molecular flexibility index (Phi) is 10.9. The van der Waals surface area contributed by atoms with E-state index in [1.807, 2.05) is 0 Å². The van der Waals surface area contributed by atoms with E-state index in [1.165, 1.54) is 44.9 Å². The van der Waals surface area contributed by atoms with Crippen molar-refractivity contribution in [3.8, 4) is 11.9 Å². The van der Waals surface area contributed by atoms with Gasteiger partial charge in [-0.1, -0.05) is 0 Å². The Balaban J connectivity index is 1.89. The Hall–Kier alpha value is -1.55. The van der Waals surface area contributed by atoms with Crippen LogP contribution in [0.2, 0.25) is 0 Å². The van der Waals surface area contributed by atoms with Gasteiger partial charge in [0.05, 0.1) is 0 Å². The molecule has 0 aliphatic carbocycles. The standard InChI is InChI=1S/C42H62B2N4Se3/c1-27(2)31-19-17-20-32(28(3)4)35(31)47-37(39(9,10)23-41(47,13)14)43(25-45)49-44(26-46,51-50-43)38-40(11,12)24-42(15,16)48(38)36-33(29(5)6)21-18-22-34(36)30(7)8/h17-22,27-30H,23-24H2,1-16H3/t43-,44-/m1/s1. The topological polar surface area (TPSA) is 53.6 Å². The molecule has 2 aromatic rings. The van der Waals surface area contributed by atoms with Gasteiger partial charge in [0.1, 0.15) is 0 Å². The zero-order chi connectivity index (χ0) is 38.3. The molecule has 0 saturated carbocycles. The van der Waals surface area contributed by atoms with Crippen LogP contribution in [0.1, 0.15) is 170 Å². The average molecular weight is 881 g/mol. The number of benzene rings is 2. The maximum absolute atomic E-state index is 11.8. The first-order chi connectivity index (χ1) is 23.4. The molecule has 0 radical (unpaired) electrons. The van der Waals surface area contributed by atoms with Gasteiger partial charge in [0.15, 0.2) is 0 Å². The Morgan fingerprint density at radius 3 is 1.06 bits per heavy atom. The van der Waals surface area contributed by atoms with Crippen LogP contribution in [0, 0.1) is 33.3 Å². The fourth-order valence-electron chi connectivity index (χ4n) is 10.4. The van der Waals surface area contributed by atoms with Crippen LogP contribution in [0.15, 0.2) is 36.4 Å². The van der Waals surface area contributed by atoms with Crippen molar-refractivity contribution in [1.29, 1.82) is 10.5 Å². The monoisotopic (exact) mass is 884 g/mol. The van der Waals surface area contributed by atoms with Gasteiger partial charge in [0, 0.05) is 0 Å². The zero-order valence-corrected chi connectivity index (χ0v) is 39.5. The van der Waals surface area contributed by atoms with Gasteiger partial charge < -0.3 is 0 Å². The van der Waals surface area contributed by atoms with Gasteiger partial charge in [0.25, 0.3) is 0 Å². The number of nitrogens with zero attached hydrogens (tertiary/aromatic N) is 4. The van der Waals surface area contributed by atoms with E-state index in [1.54, 1.807) is 0 Å². The van der Waals surface area contributed by atoms with Gasteiger partial charge in [-0.05, 0) is 0 Å². The summed E-state index contributed by atoms with van der Waals surface area (Å²) in [5, 5.41) is 23.5. The Morgan fingerprint density at radius 2 is 0.824 bits per heavy atom. The summed E-state index contributed by atoms with van der Waals surface area (Å²) in [5.74, 6) is 7.78. The SMILES string of the molecule is CC(C)c1cccc(C(C)C)c1[N+]1=C([B@@-]2(C#N)[Se][Se][B@-](C#N)(C3=[N+](c4c(C(C)C)cccc4C(C)C)C(C)(C)CC3(C)C)[Se]2)C(C)(C)CC1(C)C. The summed E-state index contributed by atoms with van der Waals surface area (Å²) < 4.78 is 2.29. The van der Waals surface area contributed by atoms with Crippen molar-refractivity contribution in [2.75, 3.05) is 0 Å². The van der Waals surface area contributed by atoms with Crippen LogP contribution in [-0.4, -0.2) is 79.5 Å². The molecule has 0 aromatic heterocycles. The molecular weight excluding hydrogens is 819 g/mol. The fourth-order valence-corrected chi connectivity index (χ4v) is 40.4. The van der Waals surface area contributed by atoms with E-state index in [-0.39, 0.29) is 62.4 Å². The number of rotatable bonds is 8. The predicted octanol–water partition coefficient (Wildman–Crippen LogP) is 9.60. The molecule has 3 aliphatic heterocycles. The van der Waals surface area contributed by atoms with Crippen LogP contribution in [-0.2, 0) is 0 Å². The molecule has 0 unspecified atom stereocenters. The predicted molar refractivity (Wildman–Crippen MR) is 224 cm³/mol. The van der Waals surface area contributed by atoms with E-state index in [2.05, 4.69) is 168 Å². The van der Waals surface area contributed by atoms with E-state index < -0.39 is 7.54 Å². The summed E-state index contributed by atoms with van der Waals surface area (Å²) in [6, 6.07) is 13.8. The van der Waals surface area contributed by atoms with Crippen molar-refractivity contribution in [2.45, 2.75) is 158 Å². The summed E-state index contributed by atoms with van der Waals surface area (Å²) in [7, 11) is 0. The molecule has 1 saturated heterocycles. The third-order valence-electron chi connectivity index (χ3n) is 11.7. The molecule has 5 rings (SSSR count). The Morgan fingerprint density at radius 1 is 0.549 bits per heavy atom. The molecular formula is C42H62B2N4Se3. The molecule has 0 spiro atoms. The van der Waals surface area contributed by atoms with Crippen LogP contribution in [0.4, 0.5) is 11.4 Å². The third-order valence-corrected chi connectivity index (χ3v) is 35.9. The molecule has 0 N–H and O–H groups in total. The summed E-state index contributed by atoms with van der Waals surface area (Å²) in [6.45, 7) is 37.8. The summed E-state index contributed by atoms with van der Waals surface area (Å²) in [5.41, 5.74) is 10.3. The first kappa shape index (κ1) is 40.6. The molecule has 3 aliphatic rings. The molecule has 2 atom stereocenters. The van der Waals surface area contributed by atoms with E-state index in [0.29, 0.717) is 23.7 Å². The number of hydrogen-bond acceptors (Lipinski definition) is 2. The van der Waals surface area contributed by atoms with Crippen LogP contribution >= 0.6 is 0 Å². The second-order valence-corrected chi connectivity index (χ2v) is 33.9. The number of hydrogen-bond donors (Lipinski definition) is 0. The molecule has 9 heteroatoms. The van der Waals surface area contributed by atoms with Crippen molar-refractivity contribution < 1.29 is 9.15 Å². The summed E-state index contributed by atoms with van der Waals surface area (Å²) >= 11 is -0.0452. The van der Waals surface area contributed by atoms with Crippen molar-refractivity contribution in [3.63, 3.8) is 0 Å². The molecule has 1 fully saturated rings. The molecule has 3 heterocycles. The van der Waals surface area contributed by atoms with Crippen LogP contribution < -0.4 is 0 Å². The average Bonchev–Trinajstić information content (AvgIpc) is 3.56. The van der Waals surface area contributed by atoms with Crippen molar-refractivity contribution >= 4 is 70.7 Å². The number of para-hydroxylation sites is 2. The van der Waals surface area contributed by atoms with Gasteiger partial charge in [0.2, 0.25) is 0 Å². The molecule has 0 amide bonds. The first-order valence-electron chi connectivity index (χ1n) is 19.2. The van der Waals surface area contributed by atoms with Crippen LogP contribution in [0.5, 0.6) is 0 Å². The molecule has 274 valence electrons. The minimum absolute atomic E-state index is 0.0629. The van der Waals surface area contributed by atoms with E-state index in [0.717, 1.165) is 12.8 Å². The van der Waals surface area contributed by atoms with Crippen molar-refractivity contribution in [1.82, 2.24) is 0 Å². The van der Waals surface area contributed by atoms with Gasteiger partial charge in [-0.3, -0.25) is 0 Å². The second-order valence-electron chi connectivity index (χ2n) is 19.4. The molecule has 4 nitrogen and oxygen atoms in total.